The van der Waals surface area contributed by atoms with Gasteiger partial charge in [0.15, 0.2) is 0 Å². The van der Waals surface area contributed by atoms with Gasteiger partial charge in [0.05, 0.1) is 11.7 Å². The molecule has 2 saturated carbocycles. The van der Waals surface area contributed by atoms with Crippen molar-refractivity contribution in [2.24, 2.45) is 34.5 Å². The lowest BCUT2D eigenvalue weighted by Gasteiger charge is -2.43. The van der Waals surface area contributed by atoms with E-state index in [1.54, 1.807) is 0 Å². The molecule has 5 atom stereocenters. The van der Waals surface area contributed by atoms with E-state index in [1.807, 2.05) is 0 Å². The van der Waals surface area contributed by atoms with Crippen molar-refractivity contribution in [3.05, 3.63) is 0 Å². The molecule has 1 saturated heterocycles. The molecule has 3 fully saturated rings. The van der Waals surface area contributed by atoms with Crippen molar-refractivity contribution in [1.82, 2.24) is 0 Å². The van der Waals surface area contributed by atoms with Crippen LogP contribution in [-0.2, 0) is 4.74 Å². The van der Waals surface area contributed by atoms with Crippen LogP contribution in [0, 0.1) is 34.5 Å². The number of rotatable bonds is 0. The molecule has 1 aliphatic heterocycles. The standard InChI is InChI=1S/C18H32O/c1-11-17(4,5)13-9-8-12-10-16(2,3)19-15(12)14(13)18(11,6)7/h11-15H,8-10H2,1-7H3/t11?,12-,13+,14+,15-/m0/s1. The lowest BCUT2D eigenvalue weighted by atomic mass is 9.64. The highest BCUT2D eigenvalue weighted by molar-refractivity contribution is 5.12. The molecule has 0 N–H and O–H groups in total. The molecule has 0 amide bonds. The first-order chi connectivity index (χ1) is 8.57. The van der Waals surface area contributed by atoms with Crippen LogP contribution in [0.2, 0.25) is 0 Å². The van der Waals surface area contributed by atoms with Gasteiger partial charge in [-0.15, -0.1) is 0 Å². The SMILES string of the molecule is CC1C(C)(C)[C@H]2[C@H]3OC(C)(C)C[C@@H]3CC[C@H]2C1(C)C. The predicted molar refractivity (Wildman–Crippen MR) is 80.0 cm³/mol. The Morgan fingerprint density at radius 1 is 0.895 bits per heavy atom. The summed E-state index contributed by atoms with van der Waals surface area (Å²) < 4.78 is 6.54. The second-order valence-electron chi connectivity index (χ2n) is 9.38. The van der Waals surface area contributed by atoms with Crippen molar-refractivity contribution in [3.8, 4) is 0 Å². The Hall–Kier alpha value is -0.0400. The molecule has 110 valence electrons. The summed E-state index contributed by atoms with van der Waals surface area (Å²) in [5.74, 6) is 3.21. The first kappa shape index (κ1) is 13.9. The van der Waals surface area contributed by atoms with Crippen molar-refractivity contribution in [3.63, 3.8) is 0 Å². The van der Waals surface area contributed by atoms with Crippen LogP contribution in [0.3, 0.4) is 0 Å². The van der Waals surface area contributed by atoms with Gasteiger partial charge >= 0.3 is 0 Å². The molecule has 0 bridgehead atoms. The van der Waals surface area contributed by atoms with E-state index >= 15 is 0 Å². The lowest BCUT2D eigenvalue weighted by molar-refractivity contribution is -0.0952. The van der Waals surface area contributed by atoms with Crippen LogP contribution in [0.4, 0.5) is 0 Å². The molecule has 3 aliphatic rings. The van der Waals surface area contributed by atoms with E-state index < -0.39 is 0 Å². The Morgan fingerprint density at radius 2 is 1.53 bits per heavy atom. The first-order valence-corrected chi connectivity index (χ1v) is 8.25. The molecule has 1 unspecified atom stereocenters. The van der Waals surface area contributed by atoms with Crippen LogP contribution >= 0.6 is 0 Å². The van der Waals surface area contributed by atoms with Crippen LogP contribution in [0.15, 0.2) is 0 Å². The molecule has 0 aromatic carbocycles. The van der Waals surface area contributed by atoms with Gasteiger partial charge in [0.1, 0.15) is 0 Å². The topological polar surface area (TPSA) is 9.23 Å². The fourth-order valence-corrected chi connectivity index (χ4v) is 6.04. The first-order valence-electron chi connectivity index (χ1n) is 8.25. The lowest BCUT2D eigenvalue weighted by Crippen LogP contribution is -2.42. The van der Waals surface area contributed by atoms with Crippen LogP contribution in [-0.4, -0.2) is 11.7 Å². The summed E-state index contributed by atoms with van der Waals surface area (Å²) in [5, 5.41) is 0. The Bertz CT molecular complexity index is 379. The number of fused-ring (bicyclic) bond motifs is 3. The molecular formula is C18H32O. The van der Waals surface area contributed by atoms with E-state index in [0.717, 1.165) is 23.7 Å². The molecule has 19 heavy (non-hydrogen) atoms. The molecule has 1 heterocycles. The molecule has 1 heteroatoms. The van der Waals surface area contributed by atoms with Crippen molar-refractivity contribution in [2.45, 2.75) is 79.4 Å². The Balaban J connectivity index is 1.99. The molecule has 2 aliphatic carbocycles. The molecule has 0 radical (unpaired) electrons. The highest BCUT2D eigenvalue weighted by atomic mass is 16.5. The highest BCUT2D eigenvalue weighted by Crippen LogP contribution is 2.67. The van der Waals surface area contributed by atoms with Gasteiger partial charge in [-0.05, 0) is 67.6 Å². The van der Waals surface area contributed by atoms with E-state index in [2.05, 4.69) is 48.5 Å². The van der Waals surface area contributed by atoms with E-state index in [-0.39, 0.29) is 5.60 Å². The molecular weight excluding hydrogens is 232 g/mol. The summed E-state index contributed by atoms with van der Waals surface area (Å²) in [6.07, 6.45) is 4.60. The van der Waals surface area contributed by atoms with Crippen molar-refractivity contribution >= 4 is 0 Å². The van der Waals surface area contributed by atoms with Crippen molar-refractivity contribution in [1.29, 1.82) is 0 Å². The van der Waals surface area contributed by atoms with Gasteiger partial charge < -0.3 is 4.74 Å². The maximum atomic E-state index is 6.54. The zero-order valence-electron chi connectivity index (χ0n) is 13.9. The smallest absolute Gasteiger partial charge is 0.0647 e. The fourth-order valence-electron chi connectivity index (χ4n) is 6.04. The predicted octanol–water partition coefficient (Wildman–Crippen LogP) is 4.90. The second kappa shape index (κ2) is 3.78. The van der Waals surface area contributed by atoms with Gasteiger partial charge in [-0.2, -0.15) is 0 Å². The number of hydrogen-bond donors (Lipinski definition) is 0. The highest BCUT2D eigenvalue weighted by Gasteiger charge is 2.64. The maximum Gasteiger partial charge on any atom is 0.0647 e. The minimum atomic E-state index is 0.107. The molecule has 0 aromatic heterocycles. The van der Waals surface area contributed by atoms with E-state index in [9.17, 15) is 0 Å². The minimum absolute atomic E-state index is 0.107. The van der Waals surface area contributed by atoms with Crippen molar-refractivity contribution < 1.29 is 4.74 Å². The summed E-state index contributed by atoms with van der Waals surface area (Å²) >= 11 is 0. The zero-order chi connectivity index (χ0) is 14.2. The molecule has 1 nitrogen and oxygen atoms in total. The van der Waals surface area contributed by atoms with Crippen LogP contribution in [0.25, 0.3) is 0 Å². The third-order valence-electron chi connectivity index (χ3n) is 7.36. The molecule has 3 rings (SSSR count). The maximum absolute atomic E-state index is 6.54. The van der Waals surface area contributed by atoms with Gasteiger partial charge in [-0.25, -0.2) is 0 Å². The largest absolute Gasteiger partial charge is 0.372 e. The quantitative estimate of drug-likeness (QED) is 0.605. The van der Waals surface area contributed by atoms with Crippen LogP contribution in [0.5, 0.6) is 0 Å². The second-order valence-corrected chi connectivity index (χ2v) is 9.38. The van der Waals surface area contributed by atoms with Crippen LogP contribution in [0.1, 0.15) is 67.7 Å². The third-order valence-corrected chi connectivity index (χ3v) is 7.36. The average molecular weight is 264 g/mol. The summed E-state index contributed by atoms with van der Waals surface area (Å²) in [6.45, 7) is 17.1. The Kier molecular flexibility index (Phi) is 2.77. The van der Waals surface area contributed by atoms with Gasteiger partial charge in [-0.1, -0.05) is 34.6 Å². The summed E-state index contributed by atoms with van der Waals surface area (Å²) in [4.78, 5) is 0. The number of ether oxygens (including phenoxy) is 1. The Morgan fingerprint density at radius 3 is 2.16 bits per heavy atom. The van der Waals surface area contributed by atoms with Crippen LogP contribution < -0.4 is 0 Å². The monoisotopic (exact) mass is 264 g/mol. The fraction of sp³-hybridized carbons (Fsp3) is 1.00. The zero-order valence-corrected chi connectivity index (χ0v) is 13.9. The van der Waals surface area contributed by atoms with Gasteiger partial charge in [-0.3, -0.25) is 0 Å². The van der Waals surface area contributed by atoms with E-state index in [1.165, 1.54) is 19.3 Å². The summed E-state index contributed by atoms with van der Waals surface area (Å²) in [7, 11) is 0. The summed E-state index contributed by atoms with van der Waals surface area (Å²) in [5.41, 5.74) is 0.990. The molecule has 0 spiro atoms. The number of hydrogen-bond acceptors (Lipinski definition) is 1. The van der Waals surface area contributed by atoms with Gasteiger partial charge in [0.25, 0.3) is 0 Å². The normalized spacial score (nSPS) is 49.7. The van der Waals surface area contributed by atoms with E-state index in [0.29, 0.717) is 16.9 Å². The van der Waals surface area contributed by atoms with Gasteiger partial charge in [0.2, 0.25) is 0 Å². The van der Waals surface area contributed by atoms with E-state index in [4.69, 9.17) is 4.74 Å². The van der Waals surface area contributed by atoms with Crippen molar-refractivity contribution in [2.75, 3.05) is 0 Å². The average Bonchev–Trinajstić information content (AvgIpc) is 2.65. The third kappa shape index (κ3) is 1.76. The minimum Gasteiger partial charge on any atom is -0.372 e. The summed E-state index contributed by atoms with van der Waals surface area (Å²) in [6, 6.07) is 0. The molecule has 0 aromatic rings. The Labute approximate surface area is 119 Å². The van der Waals surface area contributed by atoms with Gasteiger partial charge in [0, 0.05) is 0 Å².